The average molecular weight is 342 g/mol. The van der Waals surface area contributed by atoms with Crippen LogP contribution in [0.4, 0.5) is 0 Å². The third kappa shape index (κ3) is 3.36. The van der Waals surface area contributed by atoms with E-state index in [1.54, 1.807) is 0 Å². The van der Waals surface area contributed by atoms with Crippen LogP contribution in [0.3, 0.4) is 0 Å². The summed E-state index contributed by atoms with van der Waals surface area (Å²) in [5.41, 5.74) is 0. The molecule has 0 unspecified atom stereocenters. The van der Waals surface area contributed by atoms with Gasteiger partial charge in [-0.15, -0.1) is 0 Å². The molecule has 0 aromatic heterocycles. The van der Waals surface area contributed by atoms with E-state index in [0.717, 1.165) is 0 Å². The maximum atomic E-state index is 10.00. The van der Waals surface area contributed by atoms with Crippen molar-refractivity contribution in [2.24, 2.45) is 0 Å². The maximum Gasteiger partial charge on any atom is 0.219 e. The van der Waals surface area contributed by atoms with Crippen LogP contribution in [0.2, 0.25) is 0 Å². The minimum absolute atomic E-state index is 0.668. The number of aliphatic hydroxyl groups excluding tert-OH is 7. The zero-order chi connectivity index (χ0) is 17.4. The van der Waals surface area contributed by atoms with Crippen LogP contribution in [0.15, 0.2) is 0 Å². The van der Waals surface area contributed by atoms with Crippen molar-refractivity contribution in [3.63, 3.8) is 0 Å². The molecule has 2 rings (SSSR count). The van der Waals surface area contributed by atoms with Gasteiger partial charge in [0.05, 0.1) is 19.8 Å². The van der Waals surface area contributed by atoms with Crippen molar-refractivity contribution < 1.29 is 55.1 Å². The van der Waals surface area contributed by atoms with Crippen molar-refractivity contribution >= 4 is 0 Å². The zero-order valence-electron chi connectivity index (χ0n) is 12.0. The fourth-order valence-corrected chi connectivity index (χ4v) is 2.63. The molecule has 0 saturated carbocycles. The van der Waals surface area contributed by atoms with Gasteiger partial charge in [-0.25, -0.2) is 0 Å². The summed E-state index contributed by atoms with van der Waals surface area (Å²) < 4.78 is 15.3. The van der Waals surface area contributed by atoms with Crippen LogP contribution in [-0.2, 0) is 14.2 Å². The van der Waals surface area contributed by atoms with E-state index in [1.807, 2.05) is 0 Å². The maximum absolute atomic E-state index is 10.00. The summed E-state index contributed by atoms with van der Waals surface area (Å²) in [7, 11) is 0. The number of hydrogen-bond acceptors (Lipinski definition) is 11. The molecule has 8 N–H and O–H groups in total. The molecule has 0 aromatic carbocycles. The van der Waals surface area contributed by atoms with E-state index in [4.69, 9.17) is 24.4 Å². The van der Waals surface area contributed by atoms with Crippen LogP contribution in [0.5, 0.6) is 0 Å². The van der Waals surface area contributed by atoms with Gasteiger partial charge in [0.2, 0.25) is 5.79 Å². The van der Waals surface area contributed by atoms with Crippen molar-refractivity contribution in [3.05, 3.63) is 0 Å². The number of aliphatic hydroxyl groups is 8. The molecule has 0 spiro atoms. The molecule has 0 aromatic rings. The third-order valence-corrected chi connectivity index (χ3v) is 4.04. The van der Waals surface area contributed by atoms with Gasteiger partial charge < -0.3 is 55.1 Å². The SMILES string of the molecule is OC[C@H]1O[C@@H](O[C@@H]2[C@@H](CO)O[C@@](O)(CO)[C@H]2O)[C@H](O)[C@@H](O)[C@@H]1O. The summed E-state index contributed by atoms with van der Waals surface area (Å²) in [5.74, 6) is -2.37. The van der Waals surface area contributed by atoms with E-state index in [1.165, 1.54) is 0 Å². The van der Waals surface area contributed by atoms with E-state index >= 15 is 0 Å². The van der Waals surface area contributed by atoms with Crippen LogP contribution in [0, 0.1) is 0 Å². The lowest BCUT2D eigenvalue weighted by Crippen LogP contribution is -2.60. The Morgan fingerprint density at radius 1 is 0.870 bits per heavy atom. The second-order valence-electron chi connectivity index (χ2n) is 5.58. The van der Waals surface area contributed by atoms with Gasteiger partial charge in [0.15, 0.2) is 6.29 Å². The molecule has 11 heteroatoms. The highest BCUT2D eigenvalue weighted by molar-refractivity contribution is 4.98. The zero-order valence-corrected chi connectivity index (χ0v) is 12.0. The monoisotopic (exact) mass is 342 g/mol. The highest BCUT2D eigenvalue weighted by Crippen LogP contribution is 2.33. The molecule has 0 radical (unpaired) electrons. The van der Waals surface area contributed by atoms with Crippen LogP contribution < -0.4 is 0 Å². The normalized spacial score (nSPS) is 51.1. The van der Waals surface area contributed by atoms with Gasteiger partial charge in [-0.05, 0) is 0 Å². The minimum atomic E-state index is -2.37. The minimum Gasteiger partial charge on any atom is -0.394 e. The molecule has 136 valence electrons. The van der Waals surface area contributed by atoms with Crippen molar-refractivity contribution in [2.75, 3.05) is 19.8 Å². The Morgan fingerprint density at radius 2 is 1.48 bits per heavy atom. The van der Waals surface area contributed by atoms with Gasteiger partial charge in [0.1, 0.15) is 42.7 Å². The van der Waals surface area contributed by atoms with Crippen molar-refractivity contribution in [1.82, 2.24) is 0 Å². The summed E-state index contributed by atoms with van der Waals surface area (Å²) in [5, 5.41) is 76.5. The summed E-state index contributed by atoms with van der Waals surface area (Å²) >= 11 is 0. The van der Waals surface area contributed by atoms with Gasteiger partial charge in [-0.3, -0.25) is 0 Å². The Bertz CT molecular complexity index is 393. The van der Waals surface area contributed by atoms with Crippen LogP contribution in [-0.4, -0.2) is 115 Å². The Hall–Kier alpha value is -0.440. The Kier molecular flexibility index (Phi) is 5.92. The first-order valence-corrected chi connectivity index (χ1v) is 7.05. The molecule has 2 fully saturated rings. The highest BCUT2D eigenvalue weighted by Gasteiger charge is 2.56. The molecule has 2 saturated heterocycles. The summed E-state index contributed by atoms with van der Waals surface area (Å²) in [6.45, 7) is -2.32. The molecule has 2 heterocycles. The van der Waals surface area contributed by atoms with Gasteiger partial charge in [0.25, 0.3) is 0 Å². The van der Waals surface area contributed by atoms with Crippen molar-refractivity contribution in [2.45, 2.75) is 54.8 Å². The average Bonchev–Trinajstić information content (AvgIpc) is 2.80. The molecular formula is C12H22O11. The van der Waals surface area contributed by atoms with Gasteiger partial charge in [-0.2, -0.15) is 0 Å². The Morgan fingerprint density at radius 3 is 2.00 bits per heavy atom. The van der Waals surface area contributed by atoms with E-state index in [9.17, 15) is 30.6 Å². The molecule has 2 aliphatic heterocycles. The molecule has 0 bridgehead atoms. The summed E-state index contributed by atoms with van der Waals surface area (Å²) in [6.07, 6.45) is -12.2. The lowest BCUT2D eigenvalue weighted by molar-refractivity contribution is -0.318. The van der Waals surface area contributed by atoms with Gasteiger partial charge in [-0.1, -0.05) is 0 Å². The fraction of sp³-hybridized carbons (Fsp3) is 1.00. The largest absolute Gasteiger partial charge is 0.394 e. The Balaban J connectivity index is 2.13. The van der Waals surface area contributed by atoms with Crippen LogP contribution >= 0.6 is 0 Å². The first-order chi connectivity index (χ1) is 10.8. The topological polar surface area (TPSA) is 190 Å². The molecule has 0 amide bonds. The van der Waals surface area contributed by atoms with Crippen LogP contribution in [0.25, 0.3) is 0 Å². The molecule has 11 nitrogen and oxygen atoms in total. The smallest absolute Gasteiger partial charge is 0.219 e. The third-order valence-electron chi connectivity index (χ3n) is 4.04. The summed E-state index contributed by atoms with van der Waals surface area (Å²) in [6, 6.07) is 0. The second kappa shape index (κ2) is 7.21. The van der Waals surface area contributed by atoms with Crippen molar-refractivity contribution in [1.29, 1.82) is 0 Å². The molecular weight excluding hydrogens is 320 g/mol. The van der Waals surface area contributed by atoms with Gasteiger partial charge in [0, 0.05) is 0 Å². The fourth-order valence-electron chi connectivity index (χ4n) is 2.63. The second-order valence-corrected chi connectivity index (χ2v) is 5.58. The molecule has 2 aliphatic rings. The standard InChI is InChI=1S/C12H22O11/c13-1-4-6(16)7(17)8(18)11(21-4)22-9-5(2-14)23-12(20,3-15)10(9)19/h4-11,13-20H,1-3H2/t4-,5-,6-,7+,8-,9-,10+,11+,12+/m1/s1. The van der Waals surface area contributed by atoms with E-state index in [-0.39, 0.29) is 0 Å². The first kappa shape index (κ1) is 18.9. The van der Waals surface area contributed by atoms with E-state index in [2.05, 4.69) is 0 Å². The van der Waals surface area contributed by atoms with Crippen LogP contribution in [0.1, 0.15) is 0 Å². The first-order valence-electron chi connectivity index (χ1n) is 7.05. The quantitative estimate of drug-likeness (QED) is 0.238. The molecule has 9 atom stereocenters. The number of ether oxygens (including phenoxy) is 3. The predicted molar refractivity (Wildman–Crippen MR) is 68.6 cm³/mol. The van der Waals surface area contributed by atoms with E-state index in [0.29, 0.717) is 0 Å². The lowest BCUT2D eigenvalue weighted by Gasteiger charge is -2.41. The Labute approximate surface area is 130 Å². The van der Waals surface area contributed by atoms with E-state index < -0.39 is 74.6 Å². The lowest BCUT2D eigenvalue weighted by atomic mass is 9.99. The van der Waals surface area contributed by atoms with Crippen molar-refractivity contribution in [3.8, 4) is 0 Å². The summed E-state index contributed by atoms with van der Waals surface area (Å²) in [4.78, 5) is 0. The number of rotatable bonds is 5. The highest BCUT2D eigenvalue weighted by atomic mass is 16.7. The van der Waals surface area contributed by atoms with Gasteiger partial charge >= 0.3 is 0 Å². The molecule has 23 heavy (non-hydrogen) atoms. The molecule has 0 aliphatic carbocycles. The predicted octanol–water partition coefficient (Wildman–Crippen LogP) is -5.40. The number of hydrogen-bond donors (Lipinski definition) is 8.